The lowest BCUT2D eigenvalue weighted by Gasteiger charge is -2.19. The maximum atomic E-state index is 9.01. The number of hydrogen-bond acceptors (Lipinski definition) is 1. The average molecular weight is 165 g/mol. The van der Waals surface area contributed by atoms with Gasteiger partial charge >= 0.3 is 0 Å². The number of nitriles is 1. The monoisotopic (exact) mass is 165 g/mol. The molecule has 1 fully saturated rings. The first kappa shape index (κ1) is 9.58. The second-order valence-corrected chi connectivity index (χ2v) is 4.29. The van der Waals surface area contributed by atoms with Crippen molar-refractivity contribution in [1.82, 2.24) is 0 Å². The SMILES string of the molecule is CC1(C#N)CCCCCCCC1. The van der Waals surface area contributed by atoms with Crippen molar-refractivity contribution in [2.45, 2.75) is 58.3 Å². The molecule has 1 aliphatic carbocycles. The summed E-state index contributed by atoms with van der Waals surface area (Å²) in [7, 11) is 0. The van der Waals surface area contributed by atoms with Gasteiger partial charge in [-0.05, 0) is 19.8 Å². The maximum absolute atomic E-state index is 9.01. The van der Waals surface area contributed by atoms with Gasteiger partial charge in [-0.25, -0.2) is 0 Å². The van der Waals surface area contributed by atoms with Crippen molar-refractivity contribution < 1.29 is 0 Å². The third kappa shape index (κ3) is 2.85. The van der Waals surface area contributed by atoms with Gasteiger partial charge in [-0.15, -0.1) is 0 Å². The Morgan fingerprint density at radius 2 is 1.33 bits per heavy atom. The molecule has 0 aliphatic heterocycles. The number of hydrogen-bond donors (Lipinski definition) is 0. The summed E-state index contributed by atoms with van der Waals surface area (Å²) in [5, 5.41) is 9.01. The van der Waals surface area contributed by atoms with Crippen LogP contribution in [0.25, 0.3) is 0 Å². The molecular formula is C11H19N. The Morgan fingerprint density at radius 3 is 1.75 bits per heavy atom. The molecule has 0 aromatic heterocycles. The zero-order valence-corrected chi connectivity index (χ0v) is 8.10. The molecule has 1 aliphatic rings. The zero-order valence-electron chi connectivity index (χ0n) is 8.10. The van der Waals surface area contributed by atoms with Crippen molar-refractivity contribution in [3.8, 4) is 6.07 Å². The first-order chi connectivity index (χ1) is 5.77. The van der Waals surface area contributed by atoms with Gasteiger partial charge < -0.3 is 0 Å². The van der Waals surface area contributed by atoms with Crippen LogP contribution in [0.3, 0.4) is 0 Å². The van der Waals surface area contributed by atoms with E-state index < -0.39 is 0 Å². The zero-order chi connectivity index (χ0) is 8.86. The molecule has 1 heteroatoms. The van der Waals surface area contributed by atoms with Gasteiger partial charge in [0.05, 0.1) is 11.5 Å². The van der Waals surface area contributed by atoms with Crippen molar-refractivity contribution in [2.24, 2.45) is 5.41 Å². The topological polar surface area (TPSA) is 23.8 Å². The molecule has 0 spiro atoms. The second-order valence-electron chi connectivity index (χ2n) is 4.29. The Bertz CT molecular complexity index is 156. The van der Waals surface area contributed by atoms with Crippen LogP contribution in [0.15, 0.2) is 0 Å². The van der Waals surface area contributed by atoms with Crippen LogP contribution >= 0.6 is 0 Å². The van der Waals surface area contributed by atoms with E-state index in [1.54, 1.807) is 0 Å². The van der Waals surface area contributed by atoms with E-state index in [0.29, 0.717) is 0 Å². The summed E-state index contributed by atoms with van der Waals surface area (Å²) in [6, 6.07) is 2.48. The van der Waals surface area contributed by atoms with Crippen LogP contribution < -0.4 is 0 Å². The predicted octanol–water partition coefficient (Wildman–Crippen LogP) is 3.65. The number of nitrogens with zero attached hydrogens (tertiary/aromatic N) is 1. The van der Waals surface area contributed by atoms with Gasteiger partial charge in [-0.2, -0.15) is 5.26 Å². The molecule has 1 saturated carbocycles. The van der Waals surface area contributed by atoms with Crippen LogP contribution in [0.2, 0.25) is 0 Å². The van der Waals surface area contributed by atoms with Gasteiger partial charge in [0.25, 0.3) is 0 Å². The van der Waals surface area contributed by atoms with Gasteiger partial charge in [-0.3, -0.25) is 0 Å². The van der Waals surface area contributed by atoms with Crippen LogP contribution in [-0.2, 0) is 0 Å². The molecule has 1 nitrogen and oxygen atoms in total. The van der Waals surface area contributed by atoms with Gasteiger partial charge in [0, 0.05) is 0 Å². The number of rotatable bonds is 0. The molecule has 0 bridgehead atoms. The smallest absolute Gasteiger partial charge is 0.0686 e. The highest BCUT2D eigenvalue weighted by atomic mass is 14.3. The van der Waals surface area contributed by atoms with Gasteiger partial charge in [0.15, 0.2) is 0 Å². The van der Waals surface area contributed by atoms with E-state index in [-0.39, 0.29) is 5.41 Å². The van der Waals surface area contributed by atoms with Crippen LogP contribution in [0.5, 0.6) is 0 Å². The third-order valence-electron chi connectivity index (χ3n) is 2.98. The van der Waals surface area contributed by atoms with E-state index in [9.17, 15) is 0 Å². The summed E-state index contributed by atoms with van der Waals surface area (Å²) < 4.78 is 0. The quantitative estimate of drug-likeness (QED) is 0.537. The molecule has 0 atom stereocenters. The van der Waals surface area contributed by atoms with E-state index >= 15 is 0 Å². The molecule has 68 valence electrons. The Hall–Kier alpha value is -0.510. The minimum atomic E-state index is -0.00958. The molecule has 1 rings (SSSR count). The fraction of sp³-hybridized carbons (Fsp3) is 0.909. The maximum Gasteiger partial charge on any atom is 0.0686 e. The predicted molar refractivity (Wildman–Crippen MR) is 50.7 cm³/mol. The molecule has 0 radical (unpaired) electrons. The Labute approximate surface area is 75.8 Å². The standard InChI is InChI=1S/C11H19N/c1-11(10-12)8-6-4-2-3-5-7-9-11/h2-9H2,1H3. The summed E-state index contributed by atoms with van der Waals surface area (Å²) in [5.74, 6) is 0. The summed E-state index contributed by atoms with van der Waals surface area (Å²) in [5.41, 5.74) is -0.00958. The lowest BCUT2D eigenvalue weighted by atomic mass is 9.82. The van der Waals surface area contributed by atoms with E-state index in [2.05, 4.69) is 13.0 Å². The van der Waals surface area contributed by atoms with Crippen molar-refractivity contribution in [3.05, 3.63) is 0 Å². The van der Waals surface area contributed by atoms with Crippen LogP contribution in [0, 0.1) is 16.7 Å². The van der Waals surface area contributed by atoms with Gasteiger partial charge in [0.2, 0.25) is 0 Å². The molecule has 0 unspecified atom stereocenters. The fourth-order valence-electron chi connectivity index (χ4n) is 1.97. The average Bonchev–Trinajstić information content (AvgIpc) is 2.18. The van der Waals surface area contributed by atoms with Crippen molar-refractivity contribution in [2.75, 3.05) is 0 Å². The van der Waals surface area contributed by atoms with E-state index in [1.807, 2.05) is 0 Å². The highest BCUT2D eigenvalue weighted by Gasteiger charge is 2.23. The molecule has 12 heavy (non-hydrogen) atoms. The molecular weight excluding hydrogens is 146 g/mol. The molecule has 0 heterocycles. The Balaban J connectivity index is 2.45. The summed E-state index contributed by atoms with van der Waals surface area (Å²) in [4.78, 5) is 0. The normalized spacial score (nSPS) is 24.7. The molecule has 0 aromatic rings. The van der Waals surface area contributed by atoms with Gasteiger partial charge in [-0.1, -0.05) is 38.5 Å². The lowest BCUT2D eigenvalue weighted by Crippen LogP contribution is -2.12. The van der Waals surface area contributed by atoms with Crippen molar-refractivity contribution in [1.29, 1.82) is 5.26 Å². The van der Waals surface area contributed by atoms with E-state index in [4.69, 9.17) is 5.26 Å². The van der Waals surface area contributed by atoms with E-state index in [1.165, 1.54) is 38.5 Å². The summed E-state index contributed by atoms with van der Waals surface area (Å²) >= 11 is 0. The van der Waals surface area contributed by atoms with Crippen LogP contribution in [0.1, 0.15) is 58.3 Å². The van der Waals surface area contributed by atoms with Crippen molar-refractivity contribution in [3.63, 3.8) is 0 Å². The fourth-order valence-corrected chi connectivity index (χ4v) is 1.97. The lowest BCUT2D eigenvalue weighted by molar-refractivity contribution is 0.355. The van der Waals surface area contributed by atoms with Crippen LogP contribution in [0.4, 0.5) is 0 Å². The first-order valence-corrected chi connectivity index (χ1v) is 5.18. The second kappa shape index (κ2) is 4.50. The largest absolute Gasteiger partial charge is 0.198 e. The summed E-state index contributed by atoms with van der Waals surface area (Å²) in [6.07, 6.45) is 10.2. The first-order valence-electron chi connectivity index (χ1n) is 5.18. The van der Waals surface area contributed by atoms with E-state index in [0.717, 1.165) is 12.8 Å². The Kier molecular flexibility index (Phi) is 3.59. The Morgan fingerprint density at radius 1 is 0.917 bits per heavy atom. The third-order valence-corrected chi connectivity index (χ3v) is 2.98. The van der Waals surface area contributed by atoms with Gasteiger partial charge in [0.1, 0.15) is 0 Å². The minimum Gasteiger partial charge on any atom is -0.198 e. The molecule has 0 amide bonds. The molecule has 0 saturated heterocycles. The molecule has 0 aromatic carbocycles. The summed E-state index contributed by atoms with van der Waals surface area (Å²) in [6.45, 7) is 2.12. The molecule has 0 N–H and O–H groups in total. The van der Waals surface area contributed by atoms with Crippen molar-refractivity contribution >= 4 is 0 Å². The highest BCUT2D eigenvalue weighted by Crippen LogP contribution is 2.31. The van der Waals surface area contributed by atoms with Crippen LogP contribution in [-0.4, -0.2) is 0 Å². The minimum absolute atomic E-state index is 0.00958. The highest BCUT2D eigenvalue weighted by molar-refractivity contribution is 4.95.